The topological polar surface area (TPSA) is 41.5 Å². The molecule has 0 aromatic heterocycles. The van der Waals surface area contributed by atoms with Crippen molar-refractivity contribution in [2.45, 2.75) is 19.8 Å². The summed E-state index contributed by atoms with van der Waals surface area (Å²) in [5.41, 5.74) is 3.82. The van der Waals surface area contributed by atoms with Crippen molar-refractivity contribution in [3.63, 3.8) is 0 Å². The molecule has 0 spiro atoms. The number of carbonyl (C=O) groups is 1. The van der Waals surface area contributed by atoms with Gasteiger partial charge in [-0.05, 0) is 48.2 Å². The highest BCUT2D eigenvalue weighted by atomic mass is 35.5. The summed E-state index contributed by atoms with van der Waals surface area (Å²) in [6.45, 7) is 2.09. The van der Waals surface area contributed by atoms with E-state index in [0.29, 0.717) is 23.0 Å². The van der Waals surface area contributed by atoms with Gasteiger partial charge < -0.3 is 5.32 Å². The quantitative estimate of drug-likeness (QED) is 0.843. The van der Waals surface area contributed by atoms with Crippen LogP contribution in [0.1, 0.15) is 23.1 Å². The molecule has 3 rings (SSSR count). The van der Waals surface area contributed by atoms with Gasteiger partial charge in [0.2, 0.25) is 0 Å². The summed E-state index contributed by atoms with van der Waals surface area (Å²) >= 11 is 5.96. The Balaban J connectivity index is 1.73. The van der Waals surface area contributed by atoms with Crippen molar-refractivity contribution in [2.75, 3.05) is 0 Å². The summed E-state index contributed by atoms with van der Waals surface area (Å²) in [4.78, 5) is 16.4. The summed E-state index contributed by atoms with van der Waals surface area (Å²) in [6.07, 6.45) is 3.32. The minimum Gasteiger partial charge on any atom is -0.309 e. The number of aliphatic imine (C=N–C) groups is 1. The van der Waals surface area contributed by atoms with Gasteiger partial charge >= 0.3 is 0 Å². The van der Waals surface area contributed by atoms with Gasteiger partial charge in [-0.3, -0.25) is 4.79 Å². The van der Waals surface area contributed by atoms with Crippen LogP contribution in [-0.4, -0.2) is 11.7 Å². The normalized spacial score (nSPS) is 15.7. The van der Waals surface area contributed by atoms with Crippen molar-refractivity contribution in [2.24, 2.45) is 4.99 Å². The maximum Gasteiger partial charge on any atom is 0.275 e. The van der Waals surface area contributed by atoms with Crippen LogP contribution >= 0.6 is 11.6 Å². The Morgan fingerprint density at radius 1 is 1.13 bits per heavy atom. The van der Waals surface area contributed by atoms with E-state index in [1.165, 1.54) is 11.1 Å². The molecule has 1 heterocycles. The minimum atomic E-state index is -0.162. The molecule has 0 radical (unpaired) electrons. The van der Waals surface area contributed by atoms with E-state index in [2.05, 4.69) is 29.4 Å². The van der Waals surface area contributed by atoms with Crippen LogP contribution in [0.15, 0.2) is 59.2 Å². The third-order valence-electron chi connectivity index (χ3n) is 3.79. The lowest BCUT2D eigenvalue weighted by molar-refractivity contribution is -0.115. The maximum absolute atomic E-state index is 12.0. The molecule has 23 heavy (non-hydrogen) atoms. The molecule has 1 amide bonds. The van der Waals surface area contributed by atoms with Crippen LogP contribution in [0.25, 0.3) is 6.08 Å². The molecular formula is C19H17ClN2O. The van der Waals surface area contributed by atoms with E-state index >= 15 is 0 Å². The number of hydrogen-bond donors (Lipinski definition) is 1. The molecule has 0 atom stereocenters. The molecular weight excluding hydrogens is 308 g/mol. The lowest BCUT2D eigenvalue weighted by atomic mass is 10.0. The molecule has 0 unspecified atom stereocenters. The second kappa shape index (κ2) is 6.80. The Labute approximate surface area is 140 Å². The van der Waals surface area contributed by atoms with E-state index in [-0.39, 0.29) is 5.91 Å². The van der Waals surface area contributed by atoms with Gasteiger partial charge in [-0.2, -0.15) is 0 Å². The van der Waals surface area contributed by atoms with Crippen LogP contribution < -0.4 is 5.32 Å². The molecule has 0 fully saturated rings. The first kappa shape index (κ1) is 15.5. The number of amides is 1. The molecule has 2 aromatic carbocycles. The van der Waals surface area contributed by atoms with E-state index < -0.39 is 0 Å². The van der Waals surface area contributed by atoms with Gasteiger partial charge in [0.25, 0.3) is 5.91 Å². The zero-order valence-electron chi connectivity index (χ0n) is 12.8. The fourth-order valence-corrected chi connectivity index (χ4v) is 2.73. The van der Waals surface area contributed by atoms with Crippen LogP contribution in [0, 0.1) is 6.92 Å². The fourth-order valence-electron chi connectivity index (χ4n) is 2.53. The monoisotopic (exact) mass is 324 g/mol. The largest absolute Gasteiger partial charge is 0.309 e. The fraction of sp³-hybridized carbons (Fsp3) is 0.158. The average Bonchev–Trinajstić information content (AvgIpc) is 2.87. The SMILES string of the molecule is Cc1ccccc1CCC1=N/C(=C/c2cccc(Cl)c2)C(=O)N1. The highest BCUT2D eigenvalue weighted by molar-refractivity contribution is 6.30. The molecule has 0 bridgehead atoms. The smallest absolute Gasteiger partial charge is 0.275 e. The van der Waals surface area contributed by atoms with Gasteiger partial charge in [-0.25, -0.2) is 4.99 Å². The van der Waals surface area contributed by atoms with E-state index in [9.17, 15) is 4.79 Å². The van der Waals surface area contributed by atoms with Crippen molar-refractivity contribution >= 4 is 29.4 Å². The number of rotatable bonds is 4. The van der Waals surface area contributed by atoms with Crippen molar-refractivity contribution < 1.29 is 4.79 Å². The van der Waals surface area contributed by atoms with Crippen LogP contribution in [0.2, 0.25) is 5.02 Å². The van der Waals surface area contributed by atoms with Gasteiger partial charge in [0.15, 0.2) is 0 Å². The van der Waals surface area contributed by atoms with Crippen LogP contribution in [-0.2, 0) is 11.2 Å². The van der Waals surface area contributed by atoms with Crippen molar-refractivity contribution in [1.29, 1.82) is 0 Å². The lowest BCUT2D eigenvalue weighted by Crippen LogP contribution is -2.24. The Bertz CT molecular complexity index is 809. The highest BCUT2D eigenvalue weighted by Crippen LogP contribution is 2.17. The molecule has 4 heteroatoms. The molecule has 116 valence electrons. The van der Waals surface area contributed by atoms with E-state index in [1.807, 2.05) is 30.3 Å². The Morgan fingerprint density at radius 3 is 2.74 bits per heavy atom. The molecule has 1 N–H and O–H groups in total. The zero-order valence-corrected chi connectivity index (χ0v) is 13.6. The molecule has 0 saturated heterocycles. The summed E-state index contributed by atoms with van der Waals surface area (Å²) in [5.74, 6) is 0.552. The molecule has 0 saturated carbocycles. The second-order valence-corrected chi connectivity index (χ2v) is 5.96. The number of carbonyl (C=O) groups excluding carboxylic acids is 1. The number of nitrogens with one attached hydrogen (secondary N) is 1. The van der Waals surface area contributed by atoms with Gasteiger partial charge in [0.1, 0.15) is 11.5 Å². The second-order valence-electron chi connectivity index (χ2n) is 5.52. The molecule has 1 aliphatic rings. The van der Waals surface area contributed by atoms with Crippen molar-refractivity contribution in [1.82, 2.24) is 5.32 Å². The Hall–Kier alpha value is -2.39. The minimum absolute atomic E-state index is 0.162. The number of nitrogens with zero attached hydrogens (tertiary/aromatic N) is 1. The lowest BCUT2D eigenvalue weighted by Gasteiger charge is -2.04. The first-order valence-electron chi connectivity index (χ1n) is 7.52. The zero-order chi connectivity index (χ0) is 16.2. The van der Waals surface area contributed by atoms with Crippen LogP contribution in [0.3, 0.4) is 0 Å². The van der Waals surface area contributed by atoms with Gasteiger partial charge in [0, 0.05) is 11.4 Å². The summed E-state index contributed by atoms with van der Waals surface area (Å²) in [5, 5.41) is 3.48. The van der Waals surface area contributed by atoms with E-state index in [0.717, 1.165) is 12.0 Å². The molecule has 2 aromatic rings. The first-order chi connectivity index (χ1) is 11.1. The average molecular weight is 325 g/mol. The highest BCUT2D eigenvalue weighted by Gasteiger charge is 2.19. The first-order valence-corrected chi connectivity index (χ1v) is 7.90. The summed E-state index contributed by atoms with van der Waals surface area (Å²) < 4.78 is 0. The Kier molecular flexibility index (Phi) is 4.58. The Morgan fingerprint density at radius 2 is 1.96 bits per heavy atom. The standard InChI is InChI=1S/C19H17ClN2O/c1-13-5-2-3-7-15(13)9-10-18-21-17(19(23)22-18)12-14-6-4-8-16(20)11-14/h2-8,11-12H,9-10H2,1H3,(H,21,22,23)/b17-12+. The maximum atomic E-state index is 12.0. The van der Waals surface area contributed by atoms with Gasteiger partial charge in [0.05, 0.1) is 0 Å². The van der Waals surface area contributed by atoms with Gasteiger partial charge in [-0.1, -0.05) is 48.0 Å². The third-order valence-corrected chi connectivity index (χ3v) is 4.03. The molecule has 1 aliphatic heterocycles. The summed E-state index contributed by atoms with van der Waals surface area (Å²) in [6, 6.07) is 15.6. The number of amidine groups is 1. The number of benzene rings is 2. The van der Waals surface area contributed by atoms with Crippen LogP contribution in [0.4, 0.5) is 0 Å². The van der Waals surface area contributed by atoms with Crippen molar-refractivity contribution in [3.05, 3.63) is 75.9 Å². The van der Waals surface area contributed by atoms with Crippen molar-refractivity contribution in [3.8, 4) is 0 Å². The molecule has 0 aliphatic carbocycles. The number of aryl methyl sites for hydroxylation is 2. The predicted molar refractivity (Wildman–Crippen MR) is 94.5 cm³/mol. The number of halogens is 1. The van der Waals surface area contributed by atoms with E-state index in [1.54, 1.807) is 12.1 Å². The third kappa shape index (κ3) is 3.88. The van der Waals surface area contributed by atoms with E-state index in [4.69, 9.17) is 11.6 Å². The predicted octanol–water partition coefficient (Wildman–Crippen LogP) is 4.15. The number of hydrogen-bond acceptors (Lipinski definition) is 2. The summed E-state index contributed by atoms with van der Waals surface area (Å²) in [7, 11) is 0. The van der Waals surface area contributed by atoms with Crippen LogP contribution in [0.5, 0.6) is 0 Å². The molecule has 3 nitrogen and oxygen atoms in total. The van der Waals surface area contributed by atoms with Gasteiger partial charge in [-0.15, -0.1) is 0 Å².